The highest BCUT2D eigenvalue weighted by Gasteiger charge is 2.17. The van der Waals surface area contributed by atoms with Crippen LogP contribution in [0.4, 0.5) is 0 Å². The molecular weight excluding hydrogens is 262 g/mol. The first kappa shape index (κ1) is 14.0. The van der Waals surface area contributed by atoms with Crippen LogP contribution >= 0.6 is 11.8 Å². The lowest BCUT2D eigenvalue weighted by Gasteiger charge is -2.17. The average molecular weight is 279 g/mol. The van der Waals surface area contributed by atoms with Gasteiger partial charge in [-0.25, -0.2) is 0 Å². The van der Waals surface area contributed by atoms with Crippen molar-refractivity contribution in [3.8, 4) is 0 Å². The van der Waals surface area contributed by atoms with E-state index in [2.05, 4.69) is 10.2 Å². The number of hydrogen-bond donors (Lipinski definition) is 2. The number of aromatic nitrogens is 2. The van der Waals surface area contributed by atoms with Crippen molar-refractivity contribution < 1.29 is 9.52 Å². The van der Waals surface area contributed by atoms with Crippen LogP contribution in [0.5, 0.6) is 0 Å². The Morgan fingerprint density at radius 1 is 1.32 bits per heavy atom. The van der Waals surface area contributed by atoms with E-state index in [0.29, 0.717) is 23.3 Å². The third kappa shape index (κ3) is 4.34. The van der Waals surface area contributed by atoms with Gasteiger partial charge >= 0.3 is 0 Å². The summed E-state index contributed by atoms with van der Waals surface area (Å²) >= 11 is 1.32. The highest BCUT2D eigenvalue weighted by molar-refractivity contribution is 7.99. The van der Waals surface area contributed by atoms with Gasteiger partial charge < -0.3 is 15.3 Å². The van der Waals surface area contributed by atoms with Crippen molar-refractivity contribution in [2.24, 2.45) is 5.73 Å². The molecule has 1 heterocycles. The molecule has 6 heteroatoms. The van der Waals surface area contributed by atoms with Crippen LogP contribution in [0.1, 0.15) is 11.5 Å². The molecule has 1 aromatic heterocycles. The smallest absolute Gasteiger partial charge is 0.276 e. The zero-order valence-corrected chi connectivity index (χ0v) is 11.5. The van der Waals surface area contributed by atoms with Crippen LogP contribution in [-0.2, 0) is 6.42 Å². The molecular formula is C13H17N3O2S. The molecule has 0 aliphatic carbocycles. The zero-order valence-electron chi connectivity index (χ0n) is 10.7. The van der Waals surface area contributed by atoms with Crippen molar-refractivity contribution in [1.29, 1.82) is 0 Å². The monoisotopic (exact) mass is 279 g/mol. The summed E-state index contributed by atoms with van der Waals surface area (Å²) in [5.41, 5.74) is 7.11. The molecule has 5 nitrogen and oxygen atoms in total. The second-order valence-electron chi connectivity index (χ2n) is 4.32. The summed E-state index contributed by atoms with van der Waals surface area (Å²) in [6, 6.07) is 9.58. The van der Waals surface area contributed by atoms with E-state index in [4.69, 9.17) is 10.2 Å². The molecule has 0 spiro atoms. The van der Waals surface area contributed by atoms with Gasteiger partial charge in [0.05, 0.1) is 6.10 Å². The molecule has 19 heavy (non-hydrogen) atoms. The number of hydrogen-bond acceptors (Lipinski definition) is 6. The fourth-order valence-corrected chi connectivity index (χ4v) is 2.48. The lowest BCUT2D eigenvalue weighted by atomic mass is 10.0. The normalized spacial score (nSPS) is 14.3. The number of aryl methyl sites for hydroxylation is 1. The Morgan fingerprint density at radius 2 is 2.05 bits per heavy atom. The molecule has 0 bridgehead atoms. The molecule has 2 atom stereocenters. The van der Waals surface area contributed by atoms with E-state index >= 15 is 0 Å². The Labute approximate surface area is 116 Å². The number of nitrogens with zero attached hydrogens (tertiary/aromatic N) is 2. The van der Waals surface area contributed by atoms with Crippen molar-refractivity contribution >= 4 is 11.8 Å². The van der Waals surface area contributed by atoms with E-state index in [9.17, 15) is 5.11 Å². The topological polar surface area (TPSA) is 85.2 Å². The van der Waals surface area contributed by atoms with Gasteiger partial charge in [0, 0.05) is 18.7 Å². The van der Waals surface area contributed by atoms with Crippen LogP contribution in [0.3, 0.4) is 0 Å². The standard InChI is InChI=1S/C13H17N3O2S/c1-9-15-16-13(18-9)19-8-12(17)11(14)7-10-5-3-2-4-6-10/h2-6,11-12,17H,7-8,14H2,1H3. The quantitative estimate of drug-likeness (QED) is 0.777. The molecule has 2 rings (SSSR count). The van der Waals surface area contributed by atoms with Gasteiger partial charge in [-0.2, -0.15) is 0 Å². The summed E-state index contributed by atoms with van der Waals surface area (Å²) in [4.78, 5) is 0. The van der Waals surface area contributed by atoms with Crippen molar-refractivity contribution in [2.75, 3.05) is 5.75 Å². The maximum absolute atomic E-state index is 10.0. The number of aliphatic hydroxyl groups excluding tert-OH is 1. The van der Waals surface area contributed by atoms with Crippen LogP contribution in [0.15, 0.2) is 40.0 Å². The van der Waals surface area contributed by atoms with Crippen LogP contribution < -0.4 is 5.73 Å². The second kappa shape index (κ2) is 6.70. The predicted octanol–water partition coefficient (Wildman–Crippen LogP) is 1.40. The van der Waals surface area contributed by atoms with E-state index < -0.39 is 6.10 Å². The molecule has 1 aromatic carbocycles. The van der Waals surface area contributed by atoms with Gasteiger partial charge in [0.25, 0.3) is 5.22 Å². The molecule has 0 saturated heterocycles. The maximum atomic E-state index is 10.0. The summed E-state index contributed by atoms with van der Waals surface area (Å²) in [6.07, 6.45) is 0.0308. The minimum atomic E-state index is -0.614. The van der Waals surface area contributed by atoms with Crippen molar-refractivity contribution in [3.63, 3.8) is 0 Å². The van der Waals surface area contributed by atoms with Gasteiger partial charge in [0.2, 0.25) is 5.89 Å². The highest BCUT2D eigenvalue weighted by Crippen LogP contribution is 2.18. The third-order valence-electron chi connectivity index (χ3n) is 2.69. The fraction of sp³-hybridized carbons (Fsp3) is 0.385. The van der Waals surface area contributed by atoms with E-state index in [0.717, 1.165) is 5.56 Å². The molecule has 0 amide bonds. The molecule has 0 aliphatic heterocycles. The van der Waals surface area contributed by atoms with Crippen molar-refractivity contribution in [2.45, 2.75) is 30.7 Å². The Morgan fingerprint density at radius 3 is 2.68 bits per heavy atom. The first-order chi connectivity index (χ1) is 9.15. The highest BCUT2D eigenvalue weighted by atomic mass is 32.2. The second-order valence-corrected chi connectivity index (χ2v) is 5.29. The molecule has 102 valence electrons. The Hall–Kier alpha value is -1.37. The fourth-order valence-electron chi connectivity index (χ4n) is 1.64. The van der Waals surface area contributed by atoms with Gasteiger partial charge in [-0.05, 0) is 12.0 Å². The predicted molar refractivity (Wildman–Crippen MR) is 73.9 cm³/mol. The van der Waals surface area contributed by atoms with Gasteiger partial charge in [-0.3, -0.25) is 0 Å². The van der Waals surface area contributed by atoms with E-state index in [1.165, 1.54) is 11.8 Å². The van der Waals surface area contributed by atoms with E-state index in [1.807, 2.05) is 30.3 Å². The molecule has 2 aromatic rings. The largest absolute Gasteiger partial charge is 0.416 e. The van der Waals surface area contributed by atoms with E-state index in [-0.39, 0.29) is 6.04 Å². The number of nitrogens with two attached hydrogens (primary N) is 1. The first-order valence-electron chi connectivity index (χ1n) is 6.05. The van der Waals surface area contributed by atoms with Crippen LogP contribution in [0, 0.1) is 6.92 Å². The number of rotatable bonds is 6. The van der Waals surface area contributed by atoms with E-state index in [1.54, 1.807) is 6.92 Å². The summed E-state index contributed by atoms with van der Waals surface area (Å²) in [7, 11) is 0. The van der Waals surface area contributed by atoms with Gasteiger partial charge in [0.15, 0.2) is 0 Å². The minimum absolute atomic E-state index is 0.307. The zero-order chi connectivity index (χ0) is 13.7. The summed E-state index contributed by atoms with van der Waals surface area (Å²) in [5.74, 6) is 0.959. The summed E-state index contributed by atoms with van der Waals surface area (Å²) in [5, 5.41) is 18.1. The average Bonchev–Trinajstić information content (AvgIpc) is 2.83. The maximum Gasteiger partial charge on any atom is 0.276 e. The number of benzene rings is 1. The summed E-state index contributed by atoms with van der Waals surface area (Å²) in [6.45, 7) is 1.73. The third-order valence-corrected chi connectivity index (χ3v) is 3.61. The minimum Gasteiger partial charge on any atom is -0.416 e. The number of aliphatic hydroxyl groups is 1. The van der Waals surface area contributed by atoms with Crippen LogP contribution in [0.2, 0.25) is 0 Å². The Bertz CT molecular complexity index is 504. The molecule has 3 N–H and O–H groups in total. The number of thioether (sulfide) groups is 1. The molecule has 0 aliphatic rings. The van der Waals surface area contributed by atoms with Crippen LogP contribution in [0.25, 0.3) is 0 Å². The van der Waals surface area contributed by atoms with Gasteiger partial charge in [-0.1, -0.05) is 42.1 Å². The van der Waals surface area contributed by atoms with Gasteiger partial charge in [0.1, 0.15) is 0 Å². The van der Waals surface area contributed by atoms with Crippen molar-refractivity contribution in [3.05, 3.63) is 41.8 Å². The van der Waals surface area contributed by atoms with Gasteiger partial charge in [-0.15, -0.1) is 10.2 Å². The molecule has 0 fully saturated rings. The molecule has 0 saturated carbocycles. The van der Waals surface area contributed by atoms with Crippen molar-refractivity contribution in [1.82, 2.24) is 10.2 Å². The van der Waals surface area contributed by atoms with Crippen LogP contribution in [-0.4, -0.2) is 33.2 Å². The lowest BCUT2D eigenvalue weighted by Crippen LogP contribution is -2.38. The summed E-state index contributed by atoms with van der Waals surface area (Å²) < 4.78 is 5.22. The first-order valence-corrected chi connectivity index (χ1v) is 7.04. The molecule has 2 unspecified atom stereocenters. The lowest BCUT2D eigenvalue weighted by molar-refractivity contribution is 0.167. The Kier molecular flexibility index (Phi) is 4.95. The molecule has 0 radical (unpaired) electrons. The Balaban J connectivity index is 1.80. The SMILES string of the molecule is Cc1nnc(SCC(O)C(N)Cc2ccccc2)o1.